The van der Waals surface area contributed by atoms with Gasteiger partial charge in [0.05, 0.1) is 6.61 Å². The second kappa shape index (κ2) is 6.81. The van der Waals surface area contributed by atoms with Gasteiger partial charge in [-0.05, 0) is 50.1 Å². The van der Waals surface area contributed by atoms with Crippen LogP contribution in [0.5, 0.6) is 0 Å². The van der Waals surface area contributed by atoms with Gasteiger partial charge in [-0.15, -0.1) is 0 Å². The summed E-state index contributed by atoms with van der Waals surface area (Å²) in [6, 6.07) is 4.59. The number of aliphatic hydroxyl groups is 1. The standard InChI is InChI=1S/C15H21FN2O2/c1-11-7-12(9-13(16)8-11)15(20)18(5-6-19)10-14-3-2-4-17-14/h7-9,14,17,19H,2-6,10H2,1H3. The molecule has 20 heavy (non-hydrogen) atoms. The molecule has 1 aromatic carbocycles. The SMILES string of the molecule is Cc1cc(F)cc(C(=O)N(CCO)CC2CCCN2)c1. The van der Waals surface area contributed by atoms with E-state index in [2.05, 4.69) is 5.32 Å². The summed E-state index contributed by atoms with van der Waals surface area (Å²) in [7, 11) is 0. The van der Waals surface area contributed by atoms with E-state index in [0.717, 1.165) is 24.9 Å². The number of rotatable bonds is 5. The molecule has 4 nitrogen and oxygen atoms in total. The lowest BCUT2D eigenvalue weighted by Gasteiger charge is -2.25. The monoisotopic (exact) mass is 280 g/mol. The van der Waals surface area contributed by atoms with Crippen molar-refractivity contribution in [3.8, 4) is 0 Å². The Morgan fingerprint density at radius 2 is 2.30 bits per heavy atom. The molecule has 2 rings (SSSR count). The third-order valence-electron chi connectivity index (χ3n) is 3.55. The van der Waals surface area contributed by atoms with Crippen LogP contribution in [0.25, 0.3) is 0 Å². The van der Waals surface area contributed by atoms with E-state index in [9.17, 15) is 9.18 Å². The highest BCUT2D eigenvalue weighted by Gasteiger charge is 2.22. The van der Waals surface area contributed by atoms with Crippen molar-refractivity contribution in [1.82, 2.24) is 10.2 Å². The van der Waals surface area contributed by atoms with Crippen LogP contribution < -0.4 is 5.32 Å². The average Bonchev–Trinajstić information content (AvgIpc) is 2.89. The van der Waals surface area contributed by atoms with Gasteiger partial charge in [0, 0.05) is 24.7 Å². The van der Waals surface area contributed by atoms with Gasteiger partial charge < -0.3 is 15.3 Å². The number of nitrogens with one attached hydrogen (secondary N) is 1. The Bertz CT molecular complexity index is 453. The average molecular weight is 280 g/mol. The Morgan fingerprint density at radius 1 is 1.50 bits per heavy atom. The van der Waals surface area contributed by atoms with Crippen molar-refractivity contribution in [1.29, 1.82) is 0 Å². The number of hydrogen-bond donors (Lipinski definition) is 2. The number of nitrogens with zero attached hydrogens (tertiary/aromatic N) is 1. The van der Waals surface area contributed by atoms with Crippen molar-refractivity contribution >= 4 is 5.91 Å². The summed E-state index contributed by atoms with van der Waals surface area (Å²) in [5.74, 6) is -0.633. The molecule has 0 radical (unpaired) electrons. The lowest BCUT2D eigenvalue weighted by molar-refractivity contribution is 0.0706. The van der Waals surface area contributed by atoms with Gasteiger partial charge in [-0.25, -0.2) is 4.39 Å². The quantitative estimate of drug-likeness (QED) is 0.855. The van der Waals surface area contributed by atoms with Gasteiger partial charge >= 0.3 is 0 Å². The lowest BCUT2D eigenvalue weighted by atomic mass is 10.1. The number of amides is 1. The summed E-state index contributed by atoms with van der Waals surface area (Å²) in [6.45, 7) is 3.45. The second-order valence-corrected chi connectivity index (χ2v) is 5.29. The fraction of sp³-hybridized carbons (Fsp3) is 0.533. The van der Waals surface area contributed by atoms with Crippen LogP contribution in [0.4, 0.5) is 4.39 Å². The van der Waals surface area contributed by atoms with Gasteiger partial charge in [0.1, 0.15) is 5.82 Å². The largest absolute Gasteiger partial charge is 0.395 e. The molecule has 1 amide bonds. The molecule has 1 aliphatic heterocycles. The first-order chi connectivity index (χ1) is 9.60. The molecule has 0 saturated carbocycles. The summed E-state index contributed by atoms with van der Waals surface area (Å²) < 4.78 is 13.4. The Morgan fingerprint density at radius 3 is 2.90 bits per heavy atom. The van der Waals surface area contributed by atoms with Gasteiger partial charge in [-0.2, -0.15) is 0 Å². The van der Waals surface area contributed by atoms with Crippen LogP contribution >= 0.6 is 0 Å². The van der Waals surface area contributed by atoms with Crippen LogP contribution in [0.2, 0.25) is 0 Å². The van der Waals surface area contributed by atoms with Crippen molar-refractivity contribution < 1.29 is 14.3 Å². The molecule has 0 aliphatic carbocycles. The van der Waals surface area contributed by atoms with Crippen molar-refractivity contribution in [3.05, 3.63) is 35.1 Å². The molecular formula is C15H21FN2O2. The predicted octanol–water partition coefficient (Wildman–Crippen LogP) is 1.32. The first kappa shape index (κ1) is 14.9. The Balaban J connectivity index is 2.12. The minimum absolute atomic E-state index is 0.0905. The van der Waals surface area contributed by atoms with E-state index >= 15 is 0 Å². The van der Waals surface area contributed by atoms with Crippen molar-refractivity contribution in [2.75, 3.05) is 26.2 Å². The zero-order valence-corrected chi connectivity index (χ0v) is 11.7. The molecule has 0 spiro atoms. The van der Waals surface area contributed by atoms with E-state index in [0.29, 0.717) is 12.1 Å². The summed E-state index contributed by atoms with van der Waals surface area (Å²) >= 11 is 0. The predicted molar refractivity (Wildman–Crippen MR) is 75.2 cm³/mol. The van der Waals surface area contributed by atoms with Crippen LogP contribution in [0.15, 0.2) is 18.2 Å². The summed E-state index contributed by atoms with van der Waals surface area (Å²) in [6.07, 6.45) is 2.13. The summed E-state index contributed by atoms with van der Waals surface area (Å²) in [5, 5.41) is 12.5. The number of carbonyl (C=O) groups excluding carboxylic acids is 1. The second-order valence-electron chi connectivity index (χ2n) is 5.29. The number of benzene rings is 1. The lowest BCUT2D eigenvalue weighted by Crippen LogP contribution is -2.42. The number of carbonyl (C=O) groups is 1. The molecule has 1 fully saturated rings. The smallest absolute Gasteiger partial charge is 0.254 e. The van der Waals surface area contributed by atoms with E-state index in [4.69, 9.17) is 5.11 Å². The van der Waals surface area contributed by atoms with Crippen molar-refractivity contribution in [3.63, 3.8) is 0 Å². The molecule has 0 aromatic heterocycles. The summed E-state index contributed by atoms with van der Waals surface area (Å²) in [4.78, 5) is 14.0. The molecule has 1 heterocycles. The van der Waals surface area contributed by atoms with Crippen LogP contribution in [0.1, 0.15) is 28.8 Å². The number of halogens is 1. The van der Waals surface area contributed by atoms with Crippen molar-refractivity contribution in [2.24, 2.45) is 0 Å². The molecule has 1 aromatic rings. The molecule has 0 bridgehead atoms. The maximum atomic E-state index is 13.4. The Kier molecular flexibility index (Phi) is 5.09. The molecular weight excluding hydrogens is 259 g/mol. The number of hydrogen-bond acceptors (Lipinski definition) is 3. The Labute approximate surface area is 118 Å². The van der Waals surface area contributed by atoms with Gasteiger partial charge in [-0.1, -0.05) is 0 Å². The molecule has 110 valence electrons. The van der Waals surface area contributed by atoms with Crippen molar-refractivity contribution in [2.45, 2.75) is 25.8 Å². The van der Waals surface area contributed by atoms with Crippen LogP contribution in [-0.4, -0.2) is 48.2 Å². The molecule has 1 atom stereocenters. The highest BCUT2D eigenvalue weighted by atomic mass is 19.1. The minimum Gasteiger partial charge on any atom is -0.395 e. The number of aliphatic hydroxyl groups excluding tert-OH is 1. The minimum atomic E-state index is -0.406. The maximum absolute atomic E-state index is 13.4. The van der Waals surface area contributed by atoms with E-state index in [1.54, 1.807) is 17.9 Å². The van der Waals surface area contributed by atoms with Crippen LogP contribution in [0, 0.1) is 12.7 Å². The fourth-order valence-electron chi connectivity index (χ4n) is 2.62. The van der Waals surface area contributed by atoms with E-state index < -0.39 is 5.82 Å². The molecule has 1 aliphatic rings. The normalized spacial score (nSPS) is 18.2. The maximum Gasteiger partial charge on any atom is 0.254 e. The number of aryl methyl sites for hydroxylation is 1. The van der Waals surface area contributed by atoms with Gasteiger partial charge in [0.25, 0.3) is 5.91 Å². The highest BCUT2D eigenvalue weighted by molar-refractivity contribution is 5.94. The van der Waals surface area contributed by atoms with Crippen LogP contribution in [-0.2, 0) is 0 Å². The van der Waals surface area contributed by atoms with Crippen LogP contribution in [0.3, 0.4) is 0 Å². The van der Waals surface area contributed by atoms with E-state index in [-0.39, 0.29) is 25.1 Å². The summed E-state index contributed by atoms with van der Waals surface area (Å²) in [5.41, 5.74) is 1.06. The first-order valence-corrected chi connectivity index (χ1v) is 7.01. The van der Waals surface area contributed by atoms with E-state index in [1.807, 2.05) is 0 Å². The third kappa shape index (κ3) is 3.77. The zero-order valence-electron chi connectivity index (χ0n) is 11.7. The zero-order chi connectivity index (χ0) is 14.5. The topological polar surface area (TPSA) is 52.6 Å². The fourth-order valence-corrected chi connectivity index (χ4v) is 2.62. The van der Waals surface area contributed by atoms with Gasteiger partial charge in [-0.3, -0.25) is 4.79 Å². The molecule has 1 unspecified atom stereocenters. The molecule has 5 heteroatoms. The Hall–Kier alpha value is -1.46. The van der Waals surface area contributed by atoms with Gasteiger partial charge in [0.15, 0.2) is 0 Å². The molecule has 1 saturated heterocycles. The highest BCUT2D eigenvalue weighted by Crippen LogP contribution is 2.13. The molecule has 2 N–H and O–H groups in total. The first-order valence-electron chi connectivity index (χ1n) is 7.01. The van der Waals surface area contributed by atoms with E-state index in [1.165, 1.54) is 12.1 Å². The third-order valence-corrected chi connectivity index (χ3v) is 3.55. The van der Waals surface area contributed by atoms with Gasteiger partial charge in [0.2, 0.25) is 0 Å².